The Hall–Kier alpha value is -4.26. The standard InChI is InChI=1S/C26H23N5O2/c1-18(21-13-7-11-20-10-5-6-12-22(20)21)30-23(32)14-31-17-29-24-25(31)27-16-28-26(24)33-15-19-8-3-2-4-9-19/h2-13,16-18H,14-15H2,1H3,(H,30,32)/t18-/m1/s1. The summed E-state index contributed by atoms with van der Waals surface area (Å²) in [5, 5.41) is 5.37. The summed E-state index contributed by atoms with van der Waals surface area (Å²) in [5.74, 6) is 0.271. The van der Waals surface area contributed by atoms with Crippen molar-refractivity contribution >= 4 is 27.8 Å². The highest BCUT2D eigenvalue weighted by Gasteiger charge is 2.16. The van der Waals surface area contributed by atoms with Gasteiger partial charge >= 0.3 is 0 Å². The van der Waals surface area contributed by atoms with Crippen molar-refractivity contribution in [1.29, 1.82) is 0 Å². The number of fused-ring (bicyclic) bond motifs is 2. The number of imidazole rings is 1. The van der Waals surface area contributed by atoms with Gasteiger partial charge in [0, 0.05) is 0 Å². The molecular weight excluding hydrogens is 414 g/mol. The molecule has 33 heavy (non-hydrogen) atoms. The fraction of sp³-hybridized carbons (Fsp3) is 0.154. The topological polar surface area (TPSA) is 81.9 Å². The Balaban J connectivity index is 1.30. The van der Waals surface area contributed by atoms with E-state index in [2.05, 4.69) is 38.5 Å². The Morgan fingerprint density at radius 2 is 1.76 bits per heavy atom. The van der Waals surface area contributed by atoms with Crippen LogP contribution in [0.3, 0.4) is 0 Å². The van der Waals surface area contributed by atoms with Gasteiger partial charge in [-0.2, -0.15) is 4.98 Å². The van der Waals surface area contributed by atoms with Crippen LogP contribution in [0, 0.1) is 0 Å². The second-order valence-corrected chi connectivity index (χ2v) is 7.86. The Kier molecular flexibility index (Phi) is 5.68. The van der Waals surface area contributed by atoms with Crippen molar-refractivity contribution in [3.05, 3.63) is 96.6 Å². The summed E-state index contributed by atoms with van der Waals surface area (Å²) in [6.07, 6.45) is 3.02. The average Bonchev–Trinajstić information content (AvgIpc) is 3.26. The van der Waals surface area contributed by atoms with E-state index in [-0.39, 0.29) is 18.5 Å². The Morgan fingerprint density at radius 1 is 0.970 bits per heavy atom. The molecule has 0 aliphatic carbocycles. The Labute approximate surface area is 191 Å². The number of aromatic nitrogens is 4. The summed E-state index contributed by atoms with van der Waals surface area (Å²) < 4.78 is 7.57. The second kappa shape index (κ2) is 9.08. The molecule has 0 aliphatic rings. The van der Waals surface area contributed by atoms with E-state index >= 15 is 0 Å². The van der Waals surface area contributed by atoms with Gasteiger partial charge in [-0.05, 0) is 28.8 Å². The predicted octanol–water partition coefficient (Wildman–Crippen LogP) is 4.44. The molecule has 0 saturated heterocycles. The summed E-state index contributed by atoms with van der Waals surface area (Å²) in [4.78, 5) is 25.8. The van der Waals surface area contributed by atoms with Crippen LogP contribution in [0.5, 0.6) is 5.88 Å². The highest BCUT2D eigenvalue weighted by Crippen LogP contribution is 2.24. The van der Waals surface area contributed by atoms with Crippen molar-refractivity contribution in [2.45, 2.75) is 26.1 Å². The minimum atomic E-state index is -0.141. The zero-order valence-electron chi connectivity index (χ0n) is 18.2. The van der Waals surface area contributed by atoms with Crippen molar-refractivity contribution in [2.24, 2.45) is 0 Å². The third kappa shape index (κ3) is 4.39. The van der Waals surface area contributed by atoms with Gasteiger partial charge in [0.25, 0.3) is 0 Å². The average molecular weight is 438 g/mol. The van der Waals surface area contributed by atoms with E-state index in [0.29, 0.717) is 23.7 Å². The molecule has 3 aromatic carbocycles. The van der Waals surface area contributed by atoms with Crippen LogP contribution in [0.2, 0.25) is 0 Å². The van der Waals surface area contributed by atoms with Gasteiger partial charge in [0.2, 0.25) is 11.8 Å². The van der Waals surface area contributed by atoms with E-state index in [1.165, 1.54) is 6.33 Å². The van der Waals surface area contributed by atoms with E-state index in [4.69, 9.17) is 4.74 Å². The maximum atomic E-state index is 12.8. The SMILES string of the molecule is C[C@@H](NC(=O)Cn1cnc2c(OCc3ccccc3)ncnc21)c1cccc2ccccc12. The van der Waals surface area contributed by atoms with E-state index in [9.17, 15) is 4.79 Å². The van der Waals surface area contributed by atoms with Crippen LogP contribution in [-0.4, -0.2) is 25.4 Å². The van der Waals surface area contributed by atoms with Crippen LogP contribution in [-0.2, 0) is 17.9 Å². The maximum Gasteiger partial charge on any atom is 0.245 e. The Bertz CT molecular complexity index is 1410. The molecule has 0 unspecified atom stereocenters. The molecule has 1 atom stereocenters. The van der Waals surface area contributed by atoms with Crippen molar-refractivity contribution in [2.75, 3.05) is 0 Å². The molecule has 5 aromatic rings. The highest BCUT2D eigenvalue weighted by atomic mass is 16.5. The number of carbonyl (C=O) groups excluding carboxylic acids is 1. The zero-order valence-corrected chi connectivity index (χ0v) is 18.2. The second-order valence-electron chi connectivity index (χ2n) is 7.86. The smallest absolute Gasteiger partial charge is 0.245 e. The lowest BCUT2D eigenvalue weighted by atomic mass is 10.00. The van der Waals surface area contributed by atoms with Gasteiger partial charge in [0.1, 0.15) is 19.5 Å². The molecule has 0 radical (unpaired) electrons. The lowest BCUT2D eigenvalue weighted by molar-refractivity contribution is -0.122. The van der Waals surface area contributed by atoms with E-state index in [0.717, 1.165) is 21.9 Å². The van der Waals surface area contributed by atoms with E-state index in [1.807, 2.05) is 61.5 Å². The Morgan fingerprint density at radius 3 is 2.64 bits per heavy atom. The highest BCUT2D eigenvalue weighted by molar-refractivity contribution is 5.87. The molecule has 0 fully saturated rings. The van der Waals surface area contributed by atoms with Crippen molar-refractivity contribution in [1.82, 2.24) is 24.8 Å². The van der Waals surface area contributed by atoms with Gasteiger partial charge in [-0.3, -0.25) is 4.79 Å². The minimum absolute atomic E-state index is 0.0980. The molecule has 1 amide bonds. The minimum Gasteiger partial charge on any atom is -0.471 e. The number of hydrogen-bond donors (Lipinski definition) is 1. The fourth-order valence-electron chi connectivity index (χ4n) is 3.95. The molecule has 0 bridgehead atoms. The fourth-order valence-corrected chi connectivity index (χ4v) is 3.95. The number of nitrogens with one attached hydrogen (secondary N) is 1. The summed E-state index contributed by atoms with van der Waals surface area (Å²) >= 11 is 0. The van der Waals surface area contributed by atoms with Crippen molar-refractivity contribution in [3.8, 4) is 5.88 Å². The number of amides is 1. The monoisotopic (exact) mass is 437 g/mol. The molecule has 1 N–H and O–H groups in total. The van der Waals surface area contributed by atoms with Crippen LogP contribution in [0.15, 0.2) is 85.5 Å². The van der Waals surface area contributed by atoms with Gasteiger partial charge in [-0.25, -0.2) is 9.97 Å². The van der Waals surface area contributed by atoms with Crippen LogP contribution in [0.1, 0.15) is 24.1 Å². The van der Waals surface area contributed by atoms with Gasteiger partial charge in [-0.1, -0.05) is 72.8 Å². The predicted molar refractivity (Wildman–Crippen MR) is 127 cm³/mol. The third-order valence-electron chi connectivity index (χ3n) is 5.57. The van der Waals surface area contributed by atoms with Gasteiger partial charge in [-0.15, -0.1) is 0 Å². The van der Waals surface area contributed by atoms with Gasteiger partial charge < -0.3 is 14.6 Å². The van der Waals surface area contributed by atoms with E-state index < -0.39 is 0 Å². The molecule has 7 nitrogen and oxygen atoms in total. The largest absolute Gasteiger partial charge is 0.471 e. The first-order chi connectivity index (χ1) is 16.2. The summed E-state index contributed by atoms with van der Waals surface area (Å²) in [7, 11) is 0. The molecule has 2 heterocycles. The van der Waals surface area contributed by atoms with Crippen LogP contribution in [0.4, 0.5) is 0 Å². The molecule has 0 spiro atoms. The van der Waals surface area contributed by atoms with Crippen LogP contribution < -0.4 is 10.1 Å². The summed E-state index contributed by atoms with van der Waals surface area (Å²) in [5.41, 5.74) is 3.20. The molecular formula is C26H23N5O2. The number of carbonyl (C=O) groups is 1. The summed E-state index contributed by atoms with van der Waals surface area (Å²) in [6.45, 7) is 2.47. The van der Waals surface area contributed by atoms with E-state index in [1.54, 1.807) is 10.9 Å². The number of ether oxygens (including phenoxy) is 1. The molecule has 5 rings (SSSR count). The van der Waals surface area contributed by atoms with Crippen LogP contribution in [0.25, 0.3) is 21.9 Å². The maximum absolute atomic E-state index is 12.8. The number of rotatable bonds is 7. The lowest BCUT2D eigenvalue weighted by Crippen LogP contribution is -2.30. The first-order valence-electron chi connectivity index (χ1n) is 10.8. The number of benzene rings is 3. The van der Waals surface area contributed by atoms with Crippen molar-refractivity contribution in [3.63, 3.8) is 0 Å². The van der Waals surface area contributed by atoms with Gasteiger partial charge in [0.05, 0.1) is 12.4 Å². The lowest BCUT2D eigenvalue weighted by Gasteiger charge is -2.17. The normalized spacial score (nSPS) is 12.0. The quantitative estimate of drug-likeness (QED) is 0.407. The first-order valence-corrected chi connectivity index (χ1v) is 10.8. The summed E-state index contributed by atoms with van der Waals surface area (Å²) in [6, 6.07) is 24.0. The number of hydrogen-bond acceptors (Lipinski definition) is 5. The van der Waals surface area contributed by atoms with Crippen LogP contribution >= 0.6 is 0 Å². The van der Waals surface area contributed by atoms with Crippen molar-refractivity contribution < 1.29 is 9.53 Å². The molecule has 0 aliphatic heterocycles. The zero-order chi connectivity index (χ0) is 22.6. The molecule has 2 aromatic heterocycles. The molecule has 0 saturated carbocycles. The van der Waals surface area contributed by atoms with Gasteiger partial charge in [0.15, 0.2) is 11.2 Å². The first kappa shape index (κ1) is 20.6. The third-order valence-corrected chi connectivity index (χ3v) is 5.57. The molecule has 7 heteroatoms. The molecule has 164 valence electrons. The number of nitrogens with zero attached hydrogens (tertiary/aromatic N) is 4.